The summed E-state index contributed by atoms with van der Waals surface area (Å²) in [5.74, 6) is 1.13. The van der Waals surface area contributed by atoms with Crippen molar-refractivity contribution in [3.05, 3.63) is 65.2 Å². The van der Waals surface area contributed by atoms with Crippen molar-refractivity contribution >= 4 is 5.78 Å². The molecule has 0 bridgehead atoms. The summed E-state index contributed by atoms with van der Waals surface area (Å²) in [7, 11) is 3.53. The molecular formula is C20H23NO2. The first-order chi connectivity index (χ1) is 11.1. The number of carbonyl (C=O) groups excluding carboxylic acids is 1. The van der Waals surface area contributed by atoms with Gasteiger partial charge in [0.15, 0.2) is 5.78 Å². The Morgan fingerprint density at radius 2 is 1.91 bits per heavy atom. The standard InChI is InChI=1S/C20H23NO2/c1-20(21-2)18(12-9-14-7-5-4-6-8-14)17-13-15(23-3)10-11-16(17)19(20)22/h4-8,10-11,13,18,21H,9,12H2,1-3H3. The number of carbonyl (C=O) groups is 1. The van der Waals surface area contributed by atoms with Gasteiger partial charge in [0.25, 0.3) is 0 Å². The lowest BCUT2D eigenvalue weighted by Gasteiger charge is -2.30. The van der Waals surface area contributed by atoms with Crippen LogP contribution in [-0.4, -0.2) is 25.5 Å². The van der Waals surface area contributed by atoms with Crippen LogP contribution in [0.15, 0.2) is 48.5 Å². The normalized spacial score (nSPS) is 22.9. The first-order valence-corrected chi connectivity index (χ1v) is 8.05. The number of Topliss-reactive ketones (excluding diaryl/α,β-unsaturated/α-hetero) is 1. The summed E-state index contributed by atoms with van der Waals surface area (Å²) in [6, 6.07) is 16.2. The van der Waals surface area contributed by atoms with Crippen molar-refractivity contribution in [2.75, 3.05) is 14.2 Å². The number of hydrogen-bond donors (Lipinski definition) is 1. The van der Waals surface area contributed by atoms with E-state index < -0.39 is 5.54 Å². The van der Waals surface area contributed by atoms with E-state index in [0.29, 0.717) is 0 Å². The largest absolute Gasteiger partial charge is 0.497 e. The number of methoxy groups -OCH3 is 1. The molecule has 0 heterocycles. The highest BCUT2D eigenvalue weighted by atomic mass is 16.5. The Balaban J connectivity index is 1.94. The van der Waals surface area contributed by atoms with Crippen molar-refractivity contribution in [2.24, 2.45) is 0 Å². The van der Waals surface area contributed by atoms with Gasteiger partial charge in [-0.2, -0.15) is 0 Å². The van der Waals surface area contributed by atoms with Crippen LogP contribution in [0.25, 0.3) is 0 Å². The number of rotatable bonds is 5. The molecular weight excluding hydrogens is 286 g/mol. The molecule has 0 aromatic heterocycles. The van der Waals surface area contributed by atoms with Gasteiger partial charge in [0.2, 0.25) is 0 Å². The van der Waals surface area contributed by atoms with Gasteiger partial charge in [-0.1, -0.05) is 30.3 Å². The predicted molar refractivity (Wildman–Crippen MR) is 92.3 cm³/mol. The van der Waals surface area contributed by atoms with E-state index in [1.807, 2.05) is 38.2 Å². The second-order valence-electron chi connectivity index (χ2n) is 6.31. The van der Waals surface area contributed by atoms with Crippen LogP contribution in [0.2, 0.25) is 0 Å². The number of likely N-dealkylation sites (N-methyl/N-ethyl adjacent to an activating group) is 1. The summed E-state index contributed by atoms with van der Waals surface area (Å²) in [6.45, 7) is 2.01. The Kier molecular flexibility index (Phi) is 4.22. The van der Waals surface area contributed by atoms with E-state index in [4.69, 9.17) is 4.74 Å². The Morgan fingerprint density at radius 1 is 1.17 bits per heavy atom. The van der Waals surface area contributed by atoms with Crippen molar-refractivity contribution in [3.8, 4) is 5.75 Å². The van der Waals surface area contributed by atoms with Crippen molar-refractivity contribution in [1.82, 2.24) is 5.32 Å². The number of hydrogen-bond acceptors (Lipinski definition) is 3. The van der Waals surface area contributed by atoms with E-state index in [1.165, 1.54) is 5.56 Å². The molecule has 0 saturated carbocycles. The maximum atomic E-state index is 12.9. The Labute approximate surface area is 137 Å². The number of aryl methyl sites for hydroxylation is 1. The lowest BCUT2D eigenvalue weighted by Crippen LogP contribution is -2.48. The maximum absolute atomic E-state index is 12.9. The van der Waals surface area contributed by atoms with Crippen LogP contribution in [0, 0.1) is 0 Å². The zero-order valence-corrected chi connectivity index (χ0v) is 13.9. The minimum Gasteiger partial charge on any atom is -0.497 e. The molecule has 0 amide bonds. The second-order valence-corrected chi connectivity index (χ2v) is 6.31. The zero-order chi connectivity index (χ0) is 16.4. The summed E-state index contributed by atoms with van der Waals surface area (Å²) in [5.41, 5.74) is 2.67. The number of nitrogens with one attached hydrogen (secondary N) is 1. The molecule has 1 aliphatic rings. The molecule has 1 aliphatic carbocycles. The monoisotopic (exact) mass is 309 g/mol. The van der Waals surface area contributed by atoms with Crippen LogP contribution in [0.3, 0.4) is 0 Å². The maximum Gasteiger partial charge on any atom is 0.183 e. The minimum absolute atomic E-state index is 0.144. The molecule has 2 aromatic rings. The molecule has 120 valence electrons. The van der Waals surface area contributed by atoms with Gasteiger partial charge in [0.05, 0.1) is 12.6 Å². The van der Waals surface area contributed by atoms with Gasteiger partial charge in [0, 0.05) is 11.5 Å². The zero-order valence-electron chi connectivity index (χ0n) is 13.9. The third-order valence-corrected chi connectivity index (χ3v) is 5.13. The molecule has 2 aromatic carbocycles. The topological polar surface area (TPSA) is 38.3 Å². The highest BCUT2D eigenvalue weighted by Gasteiger charge is 2.48. The average molecular weight is 309 g/mol. The summed E-state index contributed by atoms with van der Waals surface area (Å²) in [5, 5.41) is 3.27. The number of ketones is 1. The van der Waals surface area contributed by atoms with Crippen LogP contribution in [-0.2, 0) is 6.42 Å². The number of benzene rings is 2. The fourth-order valence-corrected chi connectivity index (χ4v) is 3.60. The molecule has 3 heteroatoms. The van der Waals surface area contributed by atoms with Crippen molar-refractivity contribution in [3.63, 3.8) is 0 Å². The molecule has 1 N–H and O–H groups in total. The molecule has 3 rings (SSSR count). The molecule has 23 heavy (non-hydrogen) atoms. The fraction of sp³-hybridized carbons (Fsp3) is 0.350. The molecule has 0 saturated heterocycles. The van der Waals surface area contributed by atoms with Crippen LogP contribution in [0.4, 0.5) is 0 Å². The van der Waals surface area contributed by atoms with Gasteiger partial charge in [0.1, 0.15) is 5.75 Å². The van der Waals surface area contributed by atoms with E-state index in [9.17, 15) is 4.79 Å². The SMILES string of the molecule is CNC1(C)C(=O)c2ccc(OC)cc2C1CCc1ccccc1. The van der Waals surface area contributed by atoms with Crippen LogP contribution in [0.5, 0.6) is 5.75 Å². The van der Waals surface area contributed by atoms with E-state index in [-0.39, 0.29) is 11.7 Å². The third kappa shape index (κ3) is 2.66. The Morgan fingerprint density at radius 3 is 2.57 bits per heavy atom. The molecule has 0 aliphatic heterocycles. The Bertz CT molecular complexity index is 711. The summed E-state index contributed by atoms with van der Waals surface area (Å²) >= 11 is 0. The molecule has 0 radical (unpaired) electrons. The third-order valence-electron chi connectivity index (χ3n) is 5.13. The second kappa shape index (κ2) is 6.17. The summed E-state index contributed by atoms with van der Waals surface area (Å²) < 4.78 is 5.36. The first-order valence-electron chi connectivity index (χ1n) is 8.05. The van der Waals surface area contributed by atoms with Crippen LogP contribution >= 0.6 is 0 Å². The van der Waals surface area contributed by atoms with Gasteiger partial charge in [-0.25, -0.2) is 0 Å². The van der Waals surface area contributed by atoms with E-state index in [0.717, 1.165) is 29.7 Å². The first kappa shape index (κ1) is 15.8. The van der Waals surface area contributed by atoms with Gasteiger partial charge in [-0.15, -0.1) is 0 Å². The van der Waals surface area contributed by atoms with Crippen molar-refractivity contribution in [2.45, 2.75) is 31.2 Å². The predicted octanol–water partition coefficient (Wildman–Crippen LogP) is 3.59. The molecule has 2 unspecified atom stereocenters. The molecule has 0 fully saturated rings. The molecule has 0 spiro atoms. The average Bonchev–Trinajstić information content (AvgIpc) is 2.81. The lowest BCUT2D eigenvalue weighted by atomic mass is 9.81. The molecule has 3 nitrogen and oxygen atoms in total. The minimum atomic E-state index is -0.552. The quantitative estimate of drug-likeness (QED) is 0.917. The number of ether oxygens (including phenoxy) is 1. The van der Waals surface area contributed by atoms with Gasteiger partial charge >= 0.3 is 0 Å². The summed E-state index contributed by atoms with van der Waals surface area (Å²) in [6.07, 6.45) is 1.87. The van der Waals surface area contributed by atoms with E-state index in [1.54, 1.807) is 7.11 Å². The number of fused-ring (bicyclic) bond motifs is 1. The lowest BCUT2D eigenvalue weighted by molar-refractivity contribution is 0.0871. The van der Waals surface area contributed by atoms with E-state index >= 15 is 0 Å². The Hall–Kier alpha value is -2.13. The molecule has 2 atom stereocenters. The van der Waals surface area contributed by atoms with Crippen LogP contribution < -0.4 is 10.1 Å². The highest BCUT2D eigenvalue weighted by Crippen LogP contribution is 2.44. The van der Waals surface area contributed by atoms with Gasteiger partial charge in [-0.3, -0.25) is 4.79 Å². The van der Waals surface area contributed by atoms with Crippen molar-refractivity contribution in [1.29, 1.82) is 0 Å². The summed E-state index contributed by atoms with van der Waals surface area (Å²) in [4.78, 5) is 12.9. The van der Waals surface area contributed by atoms with E-state index in [2.05, 4.69) is 29.6 Å². The fourth-order valence-electron chi connectivity index (χ4n) is 3.60. The van der Waals surface area contributed by atoms with Crippen molar-refractivity contribution < 1.29 is 9.53 Å². The van der Waals surface area contributed by atoms with Gasteiger partial charge < -0.3 is 10.1 Å². The highest BCUT2D eigenvalue weighted by molar-refractivity contribution is 6.08. The van der Waals surface area contributed by atoms with Gasteiger partial charge in [-0.05, 0) is 56.1 Å². The smallest absolute Gasteiger partial charge is 0.183 e. The van der Waals surface area contributed by atoms with Crippen LogP contribution in [0.1, 0.15) is 40.7 Å².